The number of nitrogens with zero attached hydrogens (tertiary/aromatic N) is 4. The number of benzene rings is 1. The molecule has 1 aliphatic rings. The first-order valence-corrected chi connectivity index (χ1v) is 11.8. The average Bonchev–Trinajstić information content (AvgIpc) is 3.59. The summed E-state index contributed by atoms with van der Waals surface area (Å²) in [5.74, 6) is 0.257. The molecule has 0 spiro atoms. The van der Waals surface area contributed by atoms with Gasteiger partial charge in [0.25, 0.3) is 0 Å². The van der Waals surface area contributed by atoms with Crippen molar-refractivity contribution in [3.8, 4) is 17.3 Å². The Morgan fingerprint density at radius 3 is 2.63 bits per heavy atom. The zero-order valence-electron chi connectivity index (χ0n) is 18.5. The van der Waals surface area contributed by atoms with Gasteiger partial charge in [-0.25, -0.2) is 15.0 Å². The van der Waals surface area contributed by atoms with Crippen molar-refractivity contribution in [1.29, 1.82) is 5.26 Å². The molecule has 35 heavy (non-hydrogen) atoms. The van der Waals surface area contributed by atoms with Gasteiger partial charge in [0.2, 0.25) is 5.95 Å². The van der Waals surface area contributed by atoms with Gasteiger partial charge in [0.15, 0.2) is 0 Å². The number of hydrogen-bond acceptors (Lipinski definition) is 7. The fourth-order valence-electron chi connectivity index (χ4n) is 3.55. The summed E-state index contributed by atoms with van der Waals surface area (Å²) >= 11 is 1.74. The van der Waals surface area contributed by atoms with Gasteiger partial charge < -0.3 is 15.0 Å². The van der Waals surface area contributed by atoms with Crippen LogP contribution in [0.15, 0.2) is 48.9 Å². The maximum absolute atomic E-state index is 13.2. The Morgan fingerprint density at radius 2 is 1.94 bits per heavy atom. The molecule has 1 aromatic carbocycles. The van der Waals surface area contributed by atoms with Crippen LogP contribution in [0.2, 0.25) is 0 Å². The number of alkyl halides is 3. The monoisotopic (exact) mass is 495 g/mol. The minimum absolute atomic E-state index is 0.144. The van der Waals surface area contributed by atoms with E-state index in [1.807, 2.05) is 37.3 Å². The molecule has 3 N–H and O–H groups in total. The van der Waals surface area contributed by atoms with Gasteiger partial charge in [-0.2, -0.15) is 18.4 Å². The number of nitrogens with one attached hydrogen (secondary N) is 3. The second-order valence-corrected chi connectivity index (χ2v) is 9.40. The number of pyridine rings is 1. The zero-order valence-corrected chi connectivity index (χ0v) is 19.3. The third-order valence-electron chi connectivity index (χ3n) is 5.65. The first-order chi connectivity index (χ1) is 16.8. The molecule has 4 aromatic rings. The lowest BCUT2D eigenvalue weighted by atomic mass is 10.1. The predicted molar refractivity (Wildman–Crippen MR) is 130 cm³/mol. The molecule has 1 atom stereocenters. The summed E-state index contributed by atoms with van der Waals surface area (Å²) in [4.78, 5) is 15.4. The summed E-state index contributed by atoms with van der Waals surface area (Å²) in [5, 5.41) is 13.7. The Hall–Kier alpha value is -3.78. The number of aromatic amines is 1. The van der Waals surface area contributed by atoms with Crippen molar-refractivity contribution in [2.24, 2.45) is 0 Å². The Labute approximate surface area is 203 Å². The SMILES string of the molecule is C[C@@H](Nc1ncc(C#N)c(-c2c[nH]c3ncc(C(F)(F)F)cc23)n1)c1ccc(NSC2CC2)cc1. The van der Waals surface area contributed by atoms with Gasteiger partial charge in [0, 0.05) is 34.3 Å². The number of aromatic nitrogens is 4. The maximum Gasteiger partial charge on any atom is 0.417 e. The van der Waals surface area contributed by atoms with E-state index < -0.39 is 11.7 Å². The third-order valence-corrected chi connectivity index (χ3v) is 6.81. The van der Waals surface area contributed by atoms with Gasteiger partial charge in [0.05, 0.1) is 29.1 Å². The highest BCUT2D eigenvalue weighted by Gasteiger charge is 2.31. The Morgan fingerprint density at radius 1 is 1.17 bits per heavy atom. The summed E-state index contributed by atoms with van der Waals surface area (Å²) in [7, 11) is 0. The summed E-state index contributed by atoms with van der Waals surface area (Å²) in [5.41, 5.74) is 2.14. The van der Waals surface area contributed by atoms with Crippen LogP contribution in [-0.2, 0) is 6.18 Å². The standard InChI is InChI=1S/C24H20F3N7S/c1-13(14-2-4-17(5-3-14)34-35-18-6-7-18)32-23-31-10-15(9-28)21(33-23)20-12-30-22-19(20)8-16(11-29-22)24(25,26)27/h2-5,8,10-13,18,34H,6-7H2,1H3,(H,29,30)(H,31,32,33)/t13-/m1/s1. The minimum atomic E-state index is -4.54. The molecule has 3 heterocycles. The second-order valence-electron chi connectivity index (χ2n) is 8.30. The molecule has 7 nitrogen and oxygen atoms in total. The number of fused-ring (bicyclic) bond motifs is 1. The molecule has 0 aliphatic heterocycles. The number of anilines is 2. The van der Waals surface area contributed by atoms with E-state index in [2.05, 4.69) is 30.0 Å². The average molecular weight is 496 g/mol. The number of rotatable bonds is 7. The number of nitriles is 1. The van der Waals surface area contributed by atoms with Gasteiger partial charge >= 0.3 is 6.18 Å². The van der Waals surface area contributed by atoms with E-state index in [4.69, 9.17) is 0 Å². The van der Waals surface area contributed by atoms with Gasteiger partial charge in [-0.1, -0.05) is 12.1 Å². The molecule has 1 saturated carbocycles. The Bertz CT molecular complexity index is 1410. The number of halogens is 3. The third kappa shape index (κ3) is 5.02. The van der Waals surface area contributed by atoms with Crippen LogP contribution >= 0.6 is 11.9 Å². The number of H-pyrrole nitrogens is 1. The molecule has 1 aliphatic carbocycles. The van der Waals surface area contributed by atoms with Crippen LogP contribution in [-0.4, -0.2) is 25.2 Å². The van der Waals surface area contributed by atoms with E-state index in [1.165, 1.54) is 25.2 Å². The van der Waals surface area contributed by atoms with Gasteiger partial charge in [-0.3, -0.25) is 0 Å². The van der Waals surface area contributed by atoms with Gasteiger partial charge in [-0.05, 0) is 55.5 Å². The molecular weight excluding hydrogens is 475 g/mol. The molecule has 3 aromatic heterocycles. The van der Waals surface area contributed by atoms with Crippen LogP contribution in [0.25, 0.3) is 22.3 Å². The molecule has 0 bridgehead atoms. The van der Waals surface area contributed by atoms with Crippen molar-refractivity contribution in [2.45, 2.75) is 37.2 Å². The van der Waals surface area contributed by atoms with Gasteiger partial charge in [0.1, 0.15) is 11.7 Å². The number of hydrogen-bond donors (Lipinski definition) is 3. The molecular formula is C24H20F3N7S. The summed E-state index contributed by atoms with van der Waals surface area (Å²) in [6, 6.07) is 10.9. The molecule has 0 saturated heterocycles. The van der Waals surface area contributed by atoms with Crippen molar-refractivity contribution in [3.05, 3.63) is 65.6 Å². The zero-order chi connectivity index (χ0) is 24.6. The highest BCUT2D eigenvalue weighted by atomic mass is 32.2. The van der Waals surface area contributed by atoms with Crippen LogP contribution in [0.4, 0.5) is 24.8 Å². The van der Waals surface area contributed by atoms with Crippen LogP contribution in [0.5, 0.6) is 0 Å². The van der Waals surface area contributed by atoms with Gasteiger partial charge in [-0.15, -0.1) is 0 Å². The van der Waals surface area contributed by atoms with E-state index in [0.717, 1.165) is 23.5 Å². The van der Waals surface area contributed by atoms with Crippen LogP contribution in [0.3, 0.4) is 0 Å². The highest BCUT2D eigenvalue weighted by Crippen LogP contribution is 2.36. The van der Waals surface area contributed by atoms with Crippen molar-refractivity contribution in [1.82, 2.24) is 19.9 Å². The van der Waals surface area contributed by atoms with Crippen molar-refractivity contribution in [2.75, 3.05) is 10.0 Å². The van der Waals surface area contributed by atoms with Crippen molar-refractivity contribution >= 4 is 34.6 Å². The van der Waals surface area contributed by atoms with Crippen molar-refractivity contribution < 1.29 is 13.2 Å². The Balaban J connectivity index is 1.41. The first-order valence-electron chi connectivity index (χ1n) is 10.9. The summed E-state index contributed by atoms with van der Waals surface area (Å²) < 4.78 is 43.0. The van der Waals surface area contributed by atoms with E-state index in [0.29, 0.717) is 10.8 Å². The lowest BCUT2D eigenvalue weighted by molar-refractivity contribution is -0.137. The lowest BCUT2D eigenvalue weighted by Crippen LogP contribution is -2.10. The van der Waals surface area contributed by atoms with E-state index in [9.17, 15) is 18.4 Å². The molecule has 178 valence electrons. The largest absolute Gasteiger partial charge is 0.417 e. The fraction of sp³-hybridized carbons (Fsp3) is 0.250. The molecule has 11 heteroatoms. The highest BCUT2D eigenvalue weighted by molar-refractivity contribution is 8.01. The van der Waals surface area contributed by atoms with E-state index >= 15 is 0 Å². The maximum atomic E-state index is 13.2. The smallest absolute Gasteiger partial charge is 0.348 e. The van der Waals surface area contributed by atoms with Crippen LogP contribution < -0.4 is 10.0 Å². The van der Waals surface area contributed by atoms with Crippen LogP contribution in [0.1, 0.15) is 42.5 Å². The molecule has 0 radical (unpaired) electrons. The van der Waals surface area contributed by atoms with E-state index in [-0.39, 0.29) is 34.3 Å². The van der Waals surface area contributed by atoms with E-state index in [1.54, 1.807) is 11.9 Å². The molecule has 0 amide bonds. The Kier molecular flexibility index (Phi) is 5.98. The quantitative estimate of drug-likeness (QED) is 0.258. The molecule has 1 fully saturated rings. The molecule has 5 rings (SSSR count). The first kappa shape index (κ1) is 23.0. The van der Waals surface area contributed by atoms with Crippen LogP contribution in [0, 0.1) is 11.3 Å². The topological polar surface area (TPSA) is 102 Å². The summed E-state index contributed by atoms with van der Waals surface area (Å²) in [6.45, 7) is 1.95. The molecule has 0 unspecified atom stereocenters. The normalized spacial score (nSPS) is 14.5. The minimum Gasteiger partial charge on any atom is -0.348 e. The lowest BCUT2D eigenvalue weighted by Gasteiger charge is -2.16. The second kappa shape index (κ2) is 9.11. The summed E-state index contributed by atoms with van der Waals surface area (Å²) in [6.07, 6.45) is 1.60. The predicted octanol–water partition coefficient (Wildman–Crippen LogP) is 6.31. The fourth-order valence-corrected chi connectivity index (χ4v) is 4.36. The van der Waals surface area contributed by atoms with Crippen molar-refractivity contribution in [3.63, 3.8) is 0 Å².